The zero-order chi connectivity index (χ0) is 21.5. The van der Waals surface area contributed by atoms with Gasteiger partial charge in [0.15, 0.2) is 0 Å². The minimum absolute atomic E-state index is 0.563. The second-order valence-corrected chi connectivity index (χ2v) is 9.27. The number of halogens is 2. The number of aromatic nitrogens is 2. The normalized spacial score (nSPS) is 11.7. The highest BCUT2D eigenvalue weighted by molar-refractivity contribution is 7.18. The molecular weight excluding hydrogens is 439 g/mol. The number of ether oxygens (including phenoxy) is 1. The van der Waals surface area contributed by atoms with Crippen molar-refractivity contribution in [3.05, 3.63) is 76.4 Å². The van der Waals surface area contributed by atoms with Crippen molar-refractivity contribution in [3.8, 4) is 32.4 Å². The van der Waals surface area contributed by atoms with E-state index in [2.05, 4.69) is 5.10 Å². The summed E-state index contributed by atoms with van der Waals surface area (Å²) in [6, 6.07) is 19.0. The van der Waals surface area contributed by atoms with Crippen LogP contribution in [0.15, 0.2) is 60.7 Å². The second kappa shape index (κ2) is 8.08. The standard InChI is InChI=1S/C23H20Cl2N2O2S/c1-23(2,28)22-13-18(27(26-22)17-7-5-4-6-16(17)25)21-11-10-20(30-21)15-12-14(24)8-9-19(15)29-3/h4-13,28H,1-3H3. The van der Waals surface area contributed by atoms with Crippen LogP contribution in [0.25, 0.3) is 26.7 Å². The molecule has 30 heavy (non-hydrogen) atoms. The first-order valence-corrected chi connectivity index (χ1v) is 10.9. The van der Waals surface area contributed by atoms with E-state index in [4.69, 9.17) is 27.9 Å². The van der Waals surface area contributed by atoms with Gasteiger partial charge in [0.1, 0.15) is 11.4 Å². The van der Waals surface area contributed by atoms with Crippen LogP contribution in [0.4, 0.5) is 0 Å². The fraction of sp³-hybridized carbons (Fsp3) is 0.174. The SMILES string of the molecule is COc1ccc(Cl)cc1-c1ccc(-c2cc(C(C)(C)O)nn2-c2ccccc2Cl)s1. The lowest BCUT2D eigenvalue weighted by molar-refractivity contribution is 0.0734. The maximum absolute atomic E-state index is 10.5. The van der Waals surface area contributed by atoms with Crippen molar-refractivity contribution in [1.29, 1.82) is 0 Å². The van der Waals surface area contributed by atoms with Crippen molar-refractivity contribution in [2.75, 3.05) is 7.11 Å². The van der Waals surface area contributed by atoms with Gasteiger partial charge in [-0.2, -0.15) is 5.10 Å². The summed E-state index contributed by atoms with van der Waals surface area (Å²) < 4.78 is 7.29. The van der Waals surface area contributed by atoms with E-state index in [1.807, 2.05) is 54.6 Å². The first-order valence-electron chi connectivity index (χ1n) is 9.30. The van der Waals surface area contributed by atoms with Crippen LogP contribution < -0.4 is 4.74 Å². The van der Waals surface area contributed by atoms with Gasteiger partial charge < -0.3 is 9.84 Å². The van der Waals surface area contributed by atoms with E-state index in [0.29, 0.717) is 15.7 Å². The number of benzene rings is 2. The lowest BCUT2D eigenvalue weighted by atomic mass is 10.1. The van der Waals surface area contributed by atoms with Gasteiger partial charge in [-0.05, 0) is 62.4 Å². The number of nitrogens with zero attached hydrogens (tertiary/aromatic N) is 2. The molecule has 4 nitrogen and oxygen atoms in total. The number of aliphatic hydroxyl groups is 1. The maximum atomic E-state index is 10.5. The number of rotatable bonds is 5. The van der Waals surface area contributed by atoms with Crippen LogP contribution >= 0.6 is 34.5 Å². The quantitative estimate of drug-likeness (QED) is 0.357. The lowest BCUT2D eigenvalue weighted by Crippen LogP contribution is -2.16. The Morgan fingerprint density at radius 1 is 1.00 bits per heavy atom. The van der Waals surface area contributed by atoms with Crippen molar-refractivity contribution < 1.29 is 9.84 Å². The number of thiophene rings is 1. The Bertz CT molecular complexity index is 1210. The molecule has 7 heteroatoms. The van der Waals surface area contributed by atoms with Gasteiger partial charge in [-0.25, -0.2) is 4.68 Å². The lowest BCUT2D eigenvalue weighted by Gasteiger charge is -2.13. The monoisotopic (exact) mass is 458 g/mol. The van der Waals surface area contributed by atoms with E-state index in [1.165, 1.54) is 0 Å². The molecule has 0 bridgehead atoms. The van der Waals surface area contributed by atoms with Crippen molar-refractivity contribution >= 4 is 34.5 Å². The molecule has 0 spiro atoms. The summed E-state index contributed by atoms with van der Waals surface area (Å²) in [5, 5.41) is 16.4. The second-order valence-electron chi connectivity index (χ2n) is 7.35. The molecule has 0 saturated heterocycles. The smallest absolute Gasteiger partial charge is 0.127 e. The fourth-order valence-electron chi connectivity index (χ4n) is 3.16. The predicted molar refractivity (Wildman–Crippen MR) is 124 cm³/mol. The zero-order valence-corrected chi connectivity index (χ0v) is 19.0. The highest BCUT2D eigenvalue weighted by Gasteiger charge is 2.24. The molecule has 0 unspecified atom stereocenters. The minimum Gasteiger partial charge on any atom is -0.496 e. The van der Waals surface area contributed by atoms with Gasteiger partial charge in [-0.15, -0.1) is 11.3 Å². The Balaban J connectivity index is 1.87. The molecule has 154 valence electrons. The largest absolute Gasteiger partial charge is 0.496 e. The van der Waals surface area contributed by atoms with Crippen molar-refractivity contribution in [2.45, 2.75) is 19.4 Å². The summed E-state index contributed by atoms with van der Waals surface area (Å²) in [7, 11) is 1.64. The van der Waals surface area contributed by atoms with E-state index >= 15 is 0 Å². The van der Waals surface area contributed by atoms with Crippen LogP contribution in [0.5, 0.6) is 5.75 Å². The number of hydrogen-bond acceptors (Lipinski definition) is 4. The van der Waals surface area contributed by atoms with E-state index in [-0.39, 0.29) is 0 Å². The Kier molecular flexibility index (Phi) is 5.64. The van der Waals surface area contributed by atoms with Crippen LogP contribution in [-0.4, -0.2) is 22.0 Å². The molecule has 1 N–H and O–H groups in total. The molecule has 0 aliphatic carbocycles. The Labute approximate surface area is 189 Å². The summed E-state index contributed by atoms with van der Waals surface area (Å²) in [6.45, 7) is 3.43. The van der Waals surface area contributed by atoms with Gasteiger partial charge in [0, 0.05) is 15.5 Å². The van der Waals surface area contributed by atoms with Crippen molar-refractivity contribution in [1.82, 2.24) is 9.78 Å². The van der Waals surface area contributed by atoms with Crippen LogP contribution in [0.3, 0.4) is 0 Å². The van der Waals surface area contributed by atoms with E-state index < -0.39 is 5.60 Å². The van der Waals surface area contributed by atoms with Crippen LogP contribution in [0.2, 0.25) is 10.0 Å². The third-order valence-electron chi connectivity index (χ3n) is 4.70. The van der Waals surface area contributed by atoms with Gasteiger partial charge in [0.25, 0.3) is 0 Å². The molecule has 0 radical (unpaired) electrons. The Morgan fingerprint density at radius 2 is 1.73 bits per heavy atom. The molecule has 0 aliphatic rings. The van der Waals surface area contributed by atoms with Crippen molar-refractivity contribution in [2.24, 2.45) is 0 Å². The molecule has 2 aromatic carbocycles. The predicted octanol–water partition coefficient (Wildman–Crippen LogP) is 6.81. The van der Waals surface area contributed by atoms with Gasteiger partial charge in [-0.3, -0.25) is 0 Å². The highest BCUT2D eigenvalue weighted by Crippen LogP contribution is 2.41. The van der Waals surface area contributed by atoms with E-state index in [0.717, 1.165) is 32.4 Å². The average molecular weight is 459 g/mol. The molecule has 4 aromatic rings. The number of para-hydroxylation sites is 1. The highest BCUT2D eigenvalue weighted by atomic mass is 35.5. The third-order valence-corrected chi connectivity index (χ3v) is 6.40. The molecule has 0 aliphatic heterocycles. The summed E-state index contributed by atoms with van der Waals surface area (Å²) in [6.07, 6.45) is 0. The van der Waals surface area contributed by atoms with Crippen LogP contribution in [0.1, 0.15) is 19.5 Å². The van der Waals surface area contributed by atoms with Gasteiger partial charge >= 0.3 is 0 Å². The van der Waals surface area contributed by atoms with Crippen molar-refractivity contribution in [3.63, 3.8) is 0 Å². The number of methoxy groups -OCH3 is 1. The molecule has 0 atom stereocenters. The molecular formula is C23H20Cl2N2O2S. The van der Waals surface area contributed by atoms with E-state index in [1.54, 1.807) is 43.0 Å². The average Bonchev–Trinajstić information content (AvgIpc) is 3.35. The third kappa shape index (κ3) is 3.98. The molecule has 0 saturated carbocycles. The minimum atomic E-state index is -1.09. The van der Waals surface area contributed by atoms with Crippen LogP contribution in [0, 0.1) is 0 Å². The summed E-state index contributed by atoms with van der Waals surface area (Å²) in [5.41, 5.74) is 2.00. The van der Waals surface area contributed by atoms with Gasteiger partial charge in [-0.1, -0.05) is 35.3 Å². The van der Waals surface area contributed by atoms with E-state index in [9.17, 15) is 5.11 Å². The summed E-state index contributed by atoms with van der Waals surface area (Å²) in [5.74, 6) is 0.754. The maximum Gasteiger partial charge on any atom is 0.127 e. The molecule has 0 amide bonds. The molecule has 2 aromatic heterocycles. The summed E-state index contributed by atoms with van der Waals surface area (Å²) in [4.78, 5) is 2.00. The number of hydrogen-bond donors (Lipinski definition) is 1. The van der Waals surface area contributed by atoms with Gasteiger partial charge in [0.05, 0.1) is 34.1 Å². The first kappa shape index (κ1) is 20.9. The Hall–Kier alpha value is -2.31. The summed E-state index contributed by atoms with van der Waals surface area (Å²) >= 11 is 14.3. The first-order chi connectivity index (χ1) is 14.3. The Morgan fingerprint density at radius 3 is 2.43 bits per heavy atom. The molecule has 4 rings (SSSR count). The molecule has 0 fully saturated rings. The molecule has 2 heterocycles. The van der Waals surface area contributed by atoms with Gasteiger partial charge in [0.2, 0.25) is 0 Å². The van der Waals surface area contributed by atoms with Crippen LogP contribution in [-0.2, 0) is 5.60 Å². The zero-order valence-electron chi connectivity index (χ0n) is 16.7. The topological polar surface area (TPSA) is 47.3 Å². The fourth-order valence-corrected chi connectivity index (χ4v) is 4.57.